The van der Waals surface area contributed by atoms with Crippen LogP contribution in [0.5, 0.6) is 5.75 Å². The number of ether oxygens (including phenoxy) is 3. The number of nitrogens with zero attached hydrogens (tertiary/aromatic N) is 1. The van der Waals surface area contributed by atoms with Crippen LogP contribution < -0.4 is 4.74 Å². The monoisotopic (exact) mass is 483 g/mol. The van der Waals surface area contributed by atoms with Crippen molar-refractivity contribution in [1.29, 1.82) is 0 Å². The Morgan fingerprint density at radius 3 is 2.18 bits per heavy atom. The third-order valence-electron chi connectivity index (χ3n) is 5.05. The van der Waals surface area contributed by atoms with E-state index in [9.17, 15) is 18.0 Å². The van der Waals surface area contributed by atoms with Gasteiger partial charge in [-0.25, -0.2) is 18.0 Å². The second-order valence-corrected chi connectivity index (χ2v) is 9.39. The Morgan fingerprint density at radius 1 is 0.824 bits per heavy atom. The first-order chi connectivity index (χ1) is 16.3. The zero-order valence-corrected chi connectivity index (χ0v) is 19.9. The lowest BCUT2D eigenvalue weighted by Crippen LogP contribution is -2.27. The summed E-state index contributed by atoms with van der Waals surface area (Å²) < 4.78 is 43.0. The summed E-state index contributed by atoms with van der Waals surface area (Å²) in [6, 6.07) is 19.7. The summed E-state index contributed by atoms with van der Waals surface area (Å²) in [5.41, 5.74) is 1.78. The van der Waals surface area contributed by atoms with Crippen molar-refractivity contribution in [2.75, 3.05) is 21.3 Å². The highest BCUT2D eigenvalue weighted by Crippen LogP contribution is 2.28. The van der Waals surface area contributed by atoms with Crippen LogP contribution in [0.25, 0.3) is 0 Å². The third kappa shape index (κ3) is 5.81. The molecule has 0 unspecified atom stereocenters. The van der Waals surface area contributed by atoms with Gasteiger partial charge < -0.3 is 14.2 Å². The molecule has 3 aromatic carbocycles. The molecule has 8 nitrogen and oxygen atoms in total. The summed E-state index contributed by atoms with van der Waals surface area (Å²) in [7, 11) is 0.126. The molecule has 0 N–H and O–H groups in total. The Hall–Kier alpha value is -3.69. The van der Waals surface area contributed by atoms with Gasteiger partial charge in [0.05, 0.1) is 25.3 Å². The summed E-state index contributed by atoms with van der Waals surface area (Å²) in [5.74, 6) is -1.10. The average molecular weight is 484 g/mol. The molecule has 0 fully saturated rings. The molecule has 3 rings (SSSR count). The summed E-state index contributed by atoms with van der Waals surface area (Å²) in [5, 5.41) is 0. The predicted molar refractivity (Wildman–Crippen MR) is 125 cm³/mol. The Labute approximate surface area is 198 Å². The first-order valence-corrected chi connectivity index (χ1v) is 11.7. The van der Waals surface area contributed by atoms with Crippen LogP contribution in [0.1, 0.15) is 31.8 Å². The van der Waals surface area contributed by atoms with Gasteiger partial charge in [-0.15, -0.1) is 0 Å². The van der Waals surface area contributed by atoms with Crippen molar-refractivity contribution in [2.45, 2.75) is 18.0 Å². The van der Waals surface area contributed by atoms with Gasteiger partial charge in [-0.2, -0.15) is 4.31 Å². The van der Waals surface area contributed by atoms with Crippen LogP contribution >= 0.6 is 0 Å². The molecule has 0 amide bonds. The van der Waals surface area contributed by atoms with Gasteiger partial charge in [-0.3, -0.25) is 0 Å². The quantitative estimate of drug-likeness (QED) is 0.428. The molecule has 0 saturated carbocycles. The lowest BCUT2D eigenvalue weighted by Gasteiger charge is -2.19. The summed E-state index contributed by atoms with van der Waals surface area (Å²) >= 11 is 0. The highest BCUT2D eigenvalue weighted by molar-refractivity contribution is 7.89. The molecule has 34 heavy (non-hydrogen) atoms. The Kier molecular flexibility index (Phi) is 8.04. The molecule has 3 aromatic rings. The van der Waals surface area contributed by atoms with E-state index in [0.717, 1.165) is 5.56 Å². The van der Waals surface area contributed by atoms with Gasteiger partial charge in [-0.1, -0.05) is 42.5 Å². The molecule has 0 aliphatic heterocycles. The molecule has 0 heterocycles. The van der Waals surface area contributed by atoms with Gasteiger partial charge in [0.2, 0.25) is 10.0 Å². The lowest BCUT2D eigenvalue weighted by atomic mass is 10.1. The average Bonchev–Trinajstić information content (AvgIpc) is 2.87. The molecule has 0 bridgehead atoms. The normalized spacial score (nSPS) is 11.2. The van der Waals surface area contributed by atoms with E-state index in [-0.39, 0.29) is 29.4 Å². The van der Waals surface area contributed by atoms with E-state index in [1.807, 2.05) is 30.3 Å². The number of hydrogen-bond acceptors (Lipinski definition) is 7. The Bertz CT molecular complexity index is 1270. The van der Waals surface area contributed by atoms with E-state index in [2.05, 4.69) is 0 Å². The van der Waals surface area contributed by atoms with Crippen molar-refractivity contribution in [2.24, 2.45) is 0 Å². The van der Waals surface area contributed by atoms with E-state index in [0.29, 0.717) is 11.1 Å². The maximum atomic E-state index is 13.3. The summed E-state index contributed by atoms with van der Waals surface area (Å²) in [6.45, 7) is 0.0449. The largest absolute Gasteiger partial charge is 0.495 e. The van der Waals surface area contributed by atoms with Gasteiger partial charge in [0, 0.05) is 13.6 Å². The van der Waals surface area contributed by atoms with Crippen LogP contribution in [0.4, 0.5) is 0 Å². The van der Waals surface area contributed by atoms with E-state index in [1.54, 1.807) is 24.3 Å². The topological polar surface area (TPSA) is 99.2 Å². The van der Waals surface area contributed by atoms with Gasteiger partial charge in [0.15, 0.2) is 0 Å². The van der Waals surface area contributed by atoms with Crippen LogP contribution in [-0.2, 0) is 32.6 Å². The van der Waals surface area contributed by atoms with Crippen LogP contribution in [0.15, 0.2) is 77.7 Å². The Balaban J connectivity index is 1.80. The van der Waals surface area contributed by atoms with E-state index in [1.165, 1.54) is 43.8 Å². The van der Waals surface area contributed by atoms with Crippen LogP contribution in [-0.4, -0.2) is 45.9 Å². The van der Waals surface area contributed by atoms with Gasteiger partial charge in [0.1, 0.15) is 17.3 Å². The van der Waals surface area contributed by atoms with Crippen LogP contribution in [0.2, 0.25) is 0 Å². The number of methoxy groups -OCH3 is 2. The van der Waals surface area contributed by atoms with Gasteiger partial charge >= 0.3 is 11.9 Å². The Morgan fingerprint density at radius 2 is 1.50 bits per heavy atom. The van der Waals surface area contributed by atoms with Crippen molar-refractivity contribution in [1.82, 2.24) is 4.31 Å². The first-order valence-electron chi connectivity index (χ1n) is 10.3. The van der Waals surface area contributed by atoms with Gasteiger partial charge in [0.25, 0.3) is 0 Å². The van der Waals surface area contributed by atoms with E-state index < -0.39 is 22.0 Å². The second-order valence-electron chi connectivity index (χ2n) is 7.38. The molecule has 0 aliphatic rings. The second kappa shape index (κ2) is 11.0. The molecule has 178 valence electrons. The van der Waals surface area contributed by atoms with Crippen molar-refractivity contribution < 1.29 is 32.2 Å². The lowest BCUT2D eigenvalue weighted by molar-refractivity contribution is 0.0472. The fraction of sp³-hybridized carbons (Fsp3) is 0.200. The number of hydrogen-bond donors (Lipinski definition) is 0. The van der Waals surface area contributed by atoms with E-state index >= 15 is 0 Å². The number of rotatable bonds is 9. The zero-order chi connectivity index (χ0) is 24.7. The van der Waals surface area contributed by atoms with Crippen LogP contribution in [0.3, 0.4) is 0 Å². The molecular weight excluding hydrogens is 458 g/mol. The number of carbonyl (C=O) groups is 2. The molecular formula is C25H25NO7S. The van der Waals surface area contributed by atoms with Gasteiger partial charge in [-0.05, 0) is 41.5 Å². The van der Waals surface area contributed by atoms with Crippen molar-refractivity contribution >= 4 is 22.0 Å². The van der Waals surface area contributed by atoms with Crippen molar-refractivity contribution in [3.8, 4) is 5.75 Å². The summed E-state index contributed by atoms with van der Waals surface area (Å²) in [4.78, 5) is 24.2. The number of benzene rings is 3. The molecule has 0 aliphatic carbocycles. The van der Waals surface area contributed by atoms with E-state index in [4.69, 9.17) is 14.2 Å². The highest BCUT2D eigenvalue weighted by Gasteiger charge is 2.26. The van der Waals surface area contributed by atoms with Crippen molar-refractivity contribution in [3.63, 3.8) is 0 Å². The number of carbonyl (C=O) groups excluding carboxylic acids is 2. The number of esters is 2. The summed E-state index contributed by atoms with van der Waals surface area (Å²) in [6.07, 6.45) is 0. The molecule has 0 atom stereocenters. The molecule has 0 spiro atoms. The molecule has 0 radical (unpaired) electrons. The molecule has 9 heteroatoms. The number of sulfonamides is 1. The highest BCUT2D eigenvalue weighted by atomic mass is 32.2. The van der Waals surface area contributed by atoms with Crippen molar-refractivity contribution in [3.05, 3.63) is 95.1 Å². The zero-order valence-electron chi connectivity index (χ0n) is 19.1. The minimum atomic E-state index is -3.97. The fourth-order valence-corrected chi connectivity index (χ4v) is 4.57. The standard InChI is InChI=1S/C25H25NO7S/c1-26(16-18-8-5-4-6-9-18)34(29,30)23-15-21(12-13-22(23)31-2)25(28)33-17-19-10-7-11-20(14-19)24(27)32-3/h4-15H,16-17H2,1-3H3. The minimum Gasteiger partial charge on any atom is -0.495 e. The fourth-order valence-electron chi connectivity index (χ4n) is 3.24. The molecule has 0 saturated heterocycles. The smallest absolute Gasteiger partial charge is 0.338 e. The maximum absolute atomic E-state index is 13.3. The maximum Gasteiger partial charge on any atom is 0.338 e. The SMILES string of the molecule is COC(=O)c1cccc(COC(=O)c2ccc(OC)c(S(=O)(=O)N(C)Cc3ccccc3)c2)c1. The third-order valence-corrected chi connectivity index (χ3v) is 6.88. The minimum absolute atomic E-state index is 0.0524. The first kappa shape index (κ1) is 24.9. The predicted octanol–water partition coefficient (Wildman–Crippen LogP) is 3.66. The van der Waals surface area contributed by atoms with Crippen LogP contribution in [0, 0.1) is 0 Å². The molecule has 0 aromatic heterocycles.